The second-order valence-corrected chi connectivity index (χ2v) is 4.54. The van der Waals surface area contributed by atoms with E-state index in [1.165, 1.54) is 0 Å². The molecule has 0 aliphatic heterocycles. The molecule has 1 aromatic carbocycles. The molecule has 0 atom stereocenters. The molecule has 0 unspecified atom stereocenters. The summed E-state index contributed by atoms with van der Waals surface area (Å²) in [7, 11) is 0. The molecule has 0 radical (unpaired) electrons. The summed E-state index contributed by atoms with van der Waals surface area (Å²) in [6, 6.07) is 6.98. The van der Waals surface area contributed by atoms with E-state index < -0.39 is 11.6 Å². The fraction of sp³-hybridized carbons (Fsp3) is 0.143. The van der Waals surface area contributed by atoms with Crippen LogP contribution >= 0.6 is 11.6 Å². The highest BCUT2D eigenvalue weighted by Crippen LogP contribution is 2.19. The lowest BCUT2D eigenvalue weighted by Gasteiger charge is -2.10. The quantitative estimate of drug-likeness (QED) is 0.876. The number of aromatic nitrogens is 1. The Kier molecular flexibility index (Phi) is 4.16. The third-order valence-electron chi connectivity index (χ3n) is 2.78. The Balaban J connectivity index is 2.21. The molecular formula is C14H10ClF2N3. The summed E-state index contributed by atoms with van der Waals surface area (Å²) < 4.78 is 27.4. The number of nitrogens with zero attached hydrogens (tertiary/aromatic N) is 2. The Labute approximate surface area is 119 Å². The second kappa shape index (κ2) is 5.85. The zero-order valence-electron chi connectivity index (χ0n) is 10.5. The van der Waals surface area contributed by atoms with Gasteiger partial charge in [-0.25, -0.2) is 13.8 Å². The first kappa shape index (κ1) is 14.2. The van der Waals surface area contributed by atoms with Crippen molar-refractivity contribution in [2.75, 3.05) is 5.32 Å². The van der Waals surface area contributed by atoms with Gasteiger partial charge in [-0.05, 0) is 31.2 Å². The molecule has 0 spiro atoms. The number of hydrogen-bond acceptors (Lipinski definition) is 3. The number of anilines is 1. The molecule has 102 valence electrons. The summed E-state index contributed by atoms with van der Waals surface area (Å²) in [4.78, 5) is 4.03. The van der Waals surface area contributed by atoms with Crippen molar-refractivity contribution in [3.63, 3.8) is 0 Å². The van der Waals surface area contributed by atoms with Crippen LogP contribution in [-0.2, 0) is 6.54 Å². The molecule has 0 amide bonds. The zero-order valence-corrected chi connectivity index (χ0v) is 11.3. The third kappa shape index (κ3) is 3.03. The van der Waals surface area contributed by atoms with E-state index in [1.54, 1.807) is 25.1 Å². The Morgan fingerprint density at radius 3 is 2.50 bits per heavy atom. The summed E-state index contributed by atoms with van der Waals surface area (Å²) in [5, 5.41) is 11.9. The van der Waals surface area contributed by atoms with Crippen LogP contribution in [-0.4, -0.2) is 4.98 Å². The smallest absolute Gasteiger partial charge is 0.132 e. The van der Waals surface area contributed by atoms with Gasteiger partial charge in [0.2, 0.25) is 0 Å². The first-order valence-electron chi connectivity index (χ1n) is 5.76. The van der Waals surface area contributed by atoms with Crippen LogP contribution in [0.1, 0.15) is 16.8 Å². The van der Waals surface area contributed by atoms with E-state index in [1.807, 2.05) is 0 Å². The monoisotopic (exact) mass is 293 g/mol. The van der Waals surface area contributed by atoms with E-state index >= 15 is 0 Å². The molecule has 0 fully saturated rings. The largest absolute Gasteiger partial charge is 0.379 e. The Morgan fingerprint density at radius 2 is 1.95 bits per heavy atom. The van der Waals surface area contributed by atoms with Crippen LogP contribution in [0.2, 0.25) is 5.15 Å². The number of hydrogen-bond donors (Lipinski definition) is 1. The summed E-state index contributed by atoms with van der Waals surface area (Å²) in [5.41, 5.74) is 1.09. The lowest BCUT2D eigenvalue weighted by atomic mass is 10.1. The van der Waals surface area contributed by atoms with Crippen molar-refractivity contribution >= 4 is 17.3 Å². The second-order valence-electron chi connectivity index (χ2n) is 4.15. The number of pyridine rings is 1. The molecular weight excluding hydrogens is 284 g/mol. The topological polar surface area (TPSA) is 48.7 Å². The van der Waals surface area contributed by atoms with Gasteiger partial charge in [-0.2, -0.15) is 5.26 Å². The molecule has 3 nitrogen and oxygen atoms in total. The average molecular weight is 294 g/mol. The summed E-state index contributed by atoms with van der Waals surface area (Å²) in [6.07, 6.45) is 0. The molecule has 0 aliphatic rings. The molecule has 6 heteroatoms. The summed E-state index contributed by atoms with van der Waals surface area (Å²) in [6.45, 7) is 1.69. The fourth-order valence-electron chi connectivity index (χ4n) is 1.74. The van der Waals surface area contributed by atoms with Crippen molar-refractivity contribution in [1.29, 1.82) is 5.26 Å². The lowest BCUT2D eigenvalue weighted by molar-refractivity contribution is 0.559. The molecule has 0 aliphatic carbocycles. The number of aryl methyl sites for hydroxylation is 1. The minimum Gasteiger partial charge on any atom is -0.379 e. The number of nitriles is 1. The molecule has 0 saturated carbocycles. The van der Waals surface area contributed by atoms with Crippen LogP contribution in [0.3, 0.4) is 0 Å². The van der Waals surface area contributed by atoms with Gasteiger partial charge < -0.3 is 5.32 Å². The van der Waals surface area contributed by atoms with Crippen molar-refractivity contribution < 1.29 is 8.78 Å². The van der Waals surface area contributed by atoms with Gasteiger partial charge in [0.05, 0.1) is 23.0 Å². The van der Waals surface area contributed by atoms with Crippen molar-refractivity contribution in [3.8, 4) is 6.07 Å². The molecule has 2 aromatic rings. The highest BCUT2D eigenvalue weighted by atomic mass is 35.5. The van der Waals surface area contributed by atoms with Gasteiger partial charge in [0.1, 0.15) is 16.8 Å². The first-order chi connectivity index (χ1) is 9.51. The van der Waals surface area contributed by atoms with E-state index in [0.29, 0.717) is 16.5 Å². The number of rotatable bonds is 3. The van der Waals surface area contributed by atoms with Gasteiger partial charge in [-0.15, -0.1) is 0 Å². The predicted octanol–water partition coefficient (Wildman–Crippen LogP) is 3.81. The highest BCUT2D eigenvalue weighted by Gasteiger charge is 2.11. The molecule has 2 rings (SSSR count). The van der Waals surface area contributed by atoms with Crippen molar-refractivity contribution in [2.45, 2.75) is 13.5 Å². The Morgan fingerprint density at radius 1 is 1.30 bits per heavy atom. The molecule has 0 bridgehead atoms. The Bertz CT molecular complexity index is 672. The predicted molar refractivity (Wildman–Crippen MR) is 72.4 cm³/mol. The van der Waals surface area contributed by atoms with Crippen molar-refractivity contribution in [2.24, 2.45) is 0 Å². The van der Waals surface area contributed by atoms with E-state index in [4.69, 9.17) is 16.9 Å². The normalized spacial score (nSPS) is 10.2. The van der Waals surface area contributed by atoms with Crippen LogP contribution in [0.5, 0.6) is 0 Å². The van der Waals surface area contributed by atoms with Gasteiger partial charge in [0.15, 0.2) is 0 Å². The van der Waals surface area contributed by atoms with E-state index in [9.17, 15) is 8.78 Å². The van der Waals surface area contributed by atoms with Crippen LogP contribution in [0, 0.1) is 29.9 Å². The van der Waals surface area contributed by atoms with E-state index in [2.05, 4.69) is 10.3 Å². The molecule has 1 aromatic heterocycles. The van der Waals surface area contributed by atoms with E-state index in [-0.39, 0.29) is 17.7 Å². The van der Waals surface area contributed by atoms with Gasteiger partial charge in [-0.3, -0.25) is 0 Å². The maximum absolute atomic E-state index is 13.7. The van der Waals surface area contributed by atoms with Crippen molar-refractivity contribution in [1.82, 2.24) is 4.98 Å². The van der Waals surface area contributed by atoms with Crippen LogP contribution in [0.15, 0.2) is 24.3 Å². The average Bonchev–Trinajstić information content (AvgIpc) is 2.39. The maximum Gasteiger partial charge on any atom is 0.132 e. The van der Waals surface area contributed by atoms with Crippen LogP contribution in [0.4, 0.5) is 14.5 Å². The summed E-state index contributed by atoms with van der Waals surface area (Å²) in [5.74, 6) is -1.51. The van der Waals surface area contributed by atoms with Crippen LogP contribution in [0.25, 0.3) is 0 Å². The minimum atomic E-state index is -0.756. The maximum atomic E-state index is 13.7. The lowest BCUT2D eigenvalue weighted by Crippen LogP contribution is -2.06. The Hall–Kier alpha value is -2.19. The highest BCUT2D eigenvalue weighted by molar-refractivity contribution is 6.29. The molecule has 1 heterocycles. The molecule has 20 heavy (non-hydrogen) atoms. The van der Waals surface area contributed by atoms with Gasteiger partial charge >= 0.3 is 0 Å². The number of nitrogens with one attached hydrogen (secondary N) is 1. The molecule has 1 N–H and O–H groups in total. The minimum absolute atomic E-state index is 0.0481. The molecule has 0 saturated heterocycles. The van der Waals surface area contributed by atoms with Gasteiger partial charge in [0.25, 0.3) is 0 Å². The summed E-state index contributed by atoms with van der Waals surface area (Å²) >= 11 is 5.73. The van der Waals surface area contributed by atoms with Gasteiger partial charge in [-0.1, -0.05) is 11.6 Å². The first-order valence-corrected chi connectivity index (χ1v) is 6.14. The third-order valence-corrected chi connectivity index (χ3v) is 2.99. The van der Waals surface area contributed by atoms with Crippen LogP contribution < -0.4 is 5.32 Å². The van der Waals surface area contributed by atoms with Gasteiger partial charge in [0, 0.05) is 12.1 Å². The fourth-order valence-corrected chi connectivity index (χ4v) is 1.93. The standard InChI is InChI=1S/C14H10ClF2N3/c1-8-13(2-3-14(15)20-8)19-7-10-11(16)4-9(6-18)5-12(10)17/h2-5,19H,7H2,1H3. The number of halogens is 3. The van der Waals surface area contributed by atoms with Crippen molar-refractivity contribution in [3.05, 3.63) is 57.9 Å². The zero-order chi connectivity index (χ0) is 14.7. The number of benzene rings is 1. The van der Waals surface area contributed by atoms with E-state index in [0.717, 1.165) is 12.1 Å². The SMILES string of the molecule is Cc1nc(Cl)ccc1NCc1c(F)cc(C#N)cc1F.